The highest BCUT2D eigenvalue weighted by Crippen LogP contribution is 2.14. The molecule has 0 aliphatic carbocycles. The maximum absolute atomic E-state index is 13.2. The molecule has 1 aromatic heterocycles. The fraction of sp³-hybridized carbons (Fsp3) is 0.263. The Kier molecular flexibility index (Phi) is 4.97. The van der Waals surface area contributed by atoms with Gasteiger partial charge < -0.3 is 0 Å². The van der Waals surface area contributed by atoms with Gasteiger partial charge in [0.2, 0.25) is 5.91 Å². The number of halogens is 1. The molecule has 0 saturated carbocycles. The van der Waals surface area contributed by atoms with Crippen molar-refractivity contribution in [2.45, 2.75) is 25.7 Å². The zero-order valence-electron chi connectivity index (χ0n) is 13.9. The molecule has 0 N–H and O–H groups in total. The predicted molar refractivity (Wildman–Crippen MR) is 91.8 cm³/mol. The van der Waals surface area contributed by atoms with E-state index in [9.17, 15) is 14.0 Å². The highest BCUT2D eigenvalue weighted by Gasteiger charge is 2.19. The SMILES string of the molecule is CN1N=C(CC(=O)c2ccc(Cc3cccc(F)c3)cn2)CCC1=O. The van der Waals surface area contributed by atoms with E-state index < -0.39 is 0 Å². The van der Waals surface area contributed by atoms with Gasteiger partial charge in [0.15, 0.2) is 5.78 Å². The van der Waals surface area contributed by atoms with E-state index in [0.717, 1.165) is 11.1 Å². The van der Waals surface area contributed by atoms with Crippen molar-refractivity contribution in [3.63, 3.8) is 0 Å². The van der Waals surface area contributed by atoms with E-state index in [4.69, 9.17) is 0 Å². The lowest BCUT2D eigenvalue weighted by atomic mass is 10.0. The monoisotopic (exact) mass is 339 g/mol. The quantitative estimate of drug-likeness (QED) is 0.787. The third-order valence-corrected chi connectivity index (χ3v) is 4.05. The lowest BCUT2D eigenvalue weighted by Crippen LogP contribution is -2.29. The van der Waals surface area contributed by atoms with Crippen LogP contribution < -0.4 is 0 Å². The molecular weight excluding hydrogens is 321 g/mol. The summed E-state index contributed by atoms with van der Waals surface area (Å²) in [6.45, 7) is 0. The Morgan fingerprint density at radius 1 is 1.20 bits per heavy atom. The van der Waals surface area contributed by atoms with Gasteiger partial charge in [-0.1, -0.05) is 18.2 Å². The van der Waals surface area contributed by atoms with Gasteiger partial charge in [0.25, 0.3) is 0 Å². The second kappa shape index (κ2) is 7.34. The van der Waals surface area contributed by atoms with Gasteiger partial charge in [0.05, 0.1) is 6.42 Å². The Balaban J connectivity index is 1.64. The minimum absolute atomic E-state index is 0.0453. The first-order valence-corrected chi connectivity index (χ1v) is 8.07. The average Bonchev–Trinajstić information content (AvgIpc) is 2.59. The van der Waals surface area contributed by atoms with Crippen LogP contribution in [0.1, 0.15) is 40.9 Å². The van der Waals surface area contributed by atoms with Crippen molar-refractivity contribution in [3.05, 3.63) is 65.2 Å². The van der Waals surface area contributed by atoms with Crippen LogP contribution in [0.15, 0.2) is 47.7 Å². The molecule has 1 amide bonds. The number of nitrogens with zero attached hydrogens (tertiary/aromatic N) is 3. The van der Waals surface area contributed by atoms with Crippen LogP contribution >= 0.6 is 0 Å². The summed E-state index contributed by atoms with van der Waals surface area (Å²) >= 11 is 0. The van der Waals surface area contributed by atoms with Crippen LogP contribution in [0.4, 0.5) is 4.39 Å². The van der Waals surface area contributed by atoms with Crippen molar-refractivity contribution in [2.75, 3.05) is 7.05 Å². The number of aromatic nitrogens is 1. The molecule has 0 bridgehead atoms. The fourth-order valence-electron chi connectivity index (χ4n) is 2.71. The van der Waals surface area contributed by atoms with Gasteiger partial charge >= 0.3 is 0 Å². The van der Waals surface area contributed by atoms with Gasteiger partial charge in [-0.25, -0.2) is 9.40 Å². The number of Topliss-reactive ketones (excluding diaryl/α,β-unsaturated/α-hetero) is 1. The predicted octanol–water partition coefficient (Wildman–Crippen LogP) is 2.99. The van der Waals surface area contributed by atoms with Gasteiger partial charge in [0.1, 0.15) is 11.5 Å². The molecule has 0 fully saturated rings. The normalized spacial score (nSPS) is 14.4. The molecule has 6 heteroatoms. The minimum Gasteiger partial charge on any atom is -0.292 e. The number of carbonyl (C=O) groups excluding carboxylic acids is 2. The first-order valence-electron chi connectivity index (χ1n) is 8.07. The number of benzene rings is 1. The molecule has 1 aromatic carbocycles. The van der Waals surface area contributed by atoms with Crippen LogP contribution in [0.2, 0.25) is 0 Å². The number of hydrazone groups is 1. The minimum atomic E-state index is -0.269. The van der Waals surface area contributed by atoms with Crippen molar-refractivity contribution in [2.24, 2.45) is 5.10 Å². The summed E-state index contributed by atoms with van der Waals surface area (Å²) < 4.78 is 13.2. The Labute approximate surface area is 145 Å². The maximum atomic E-state index is 13.2. The third kappa shape index (κ3) is 4.35. The van der Waals surface area contributed by atoms with E-state index >= 15 is 0 Å². The molecule has 5 nitrogen and oxygen atoms in total. The van der Waals surface area contributed by atoms with Gasteiger partial charge in [-0.2, -0.15) is 5.10 Å². The molecule has 1 aliphatic rings. The van der Waals surface area contributed by atoms with E-state index in [2.05, 4.69) is 10.1 Å². The van der Waals surface area contributed by atoms with Crippen LogP contribution in [0.25, 0.3) is 0 Å². The number of amides is 1. The standard InChI is InChI=1S/C19H18FN3O2/c1-23-19(25)8-6-16(22-23)11-18(24)17-7-5-14(12-21-17)9-13-3-2-4-15(20)10-13/h2-5,7,10,12H,6,8-9,11H2,1H3. The second-order valence-electron chi connectivity index (χ2n) is 6.04. The van der Waals surface area contributed by atoms with Crippen LogP contribution in [0.5, 0.6) is 0 Å². The van der Waals surface area contributed by atoms with Crippen LogP contribution in [0, 0.1) is 5.82 Å². The highest BCUT2D eigenvalue weighted by molar-refractivity contribution is 6.10. The first kappa shape index (κ1) is 17.0. The lowest BCUT2D eigenvalue weighted by molar-refractivity contribution is -0.130. The Bertz CT molecular complexity index is 831. The molecular formula is C19H18FN3O2. The second-order valence-corrected chi connectivity index (χ2v) is 6.04. The molecule has 1 aliphatic heterocycles. The summed E-state index contributed by atoms with van der Waals surface area (Å²) in [6.07, 6.45) is 3.23. The van der Waals surface area contributed by atoms with E-state index in [0.29, 0.717) is 30.7 Å². The molecule has 0 radical (unpaired) electrons. The Morgan fingerprint density at radius 3 is 2.72 bits per heavy atom. The van der Waals surface area contributed by atoms with E-state index in [1.165, 1.54) is 17.1 Å². The van der Waals surface area contributed by atoms with Gasteiger partial charge in [-0.15, -0.1) is 0 Å². The van der Waals surface area contributed by atoms with Crippen molar-refractivity contribution in [3.8, 4) is 0 Å². The number of ketones is 1. The Hall–Kier alpha value is -2.89. The molecule has 0 saturated heterocycles. The zero-order chi connectivity index (χ0) is 17.8. The number of rotatable bonds is 5. The molecule has 0 spiro atoms. The van der Waals surface area contributed by atoms with Crippen LogP contribution in [0.3, 0.4) is 0 Å². The summed E-state index contributed by atoms with van der Waals surface area (Å²) in [5.41, 5.74) is 2.82. The van der Waals surface area contributed by atoms with Crippen LogP contribution in [-0.2, 0) is 11.2 Å². The van der Waals surface area contributed by atoms with Crippen molar-refractivity contribution in [1.29, 1.82) is 0 Å². The zero-order valence-corrected chi connectivity index (χ0v) is 13.9. The summed E-state index contributed by atoms with van der Waals surface area (Å²) in [4.78, 5) is 27.9. The molecule has 3 rings (SSSR count). The fourth-order valence-corrected chi connectivity index (χ4v) is 2.71. The summed E-state index contributed by atoms with van der Waals surface area (Å²) in [5.74, 6) is -0.441. The third-order valence-electron chi connectivity index (χ3n) is 4.05. The highest BCUT2D eigenvalue weighted by atomic mass is 19.1. The number of carbonyl (C=O) groups is 2. The van der Waals surface area contributed by atoms with Crippen molar-refractivity contribution < 1.29 is 14.0 Å². The number of pyridine rings is 1. The van der Waals surface area contributed by atoms with Crippen LogP contribution in [-0.4, -0.2) is 34.4 Å². The maximum Gasteiger partial charge on any atom is 0.242 e. The molecule has 2 aromatic rings. The molecule has 25 heavy (non-hydrogen) atoms. The van der Waals surface area contributed by atoms with E-state index in [-0.39, 0.29) is 23.9 Å². The van der Waals surface area contributed by atoms with Crippen molar-refractivity contribution >= 4 is 17.4 Å². The molecule has 128 valence electrons. The smallest absolute Gasteiger partial charge is 0.242 e. The summed E-state index contributed by atoms with van der Waals surface area (Å²) in [7, 11) is 1.59. The van der Waals surface area contributed by atoms with Gasteiger partial charge in [0, 0.05) is 25.4 Å². The van der Waals surface area contributed by atoms with Crippen molar-refractivity contribution in [1.82, 2.24) is 9.99 Å². The molecule has 0 unspecified atom stereocenters. The Morgan fingerprint density at radius 2 is 2.04 bits per heavy atom. The van der Waals surface area contributed by atoms with E-state index in [1.54, 1.807) is 25.4 Å². The molecule has 2 heterocycles. The van der Waals surface area contributed by atoms with Gasteiger partial charge in [-0.3, -0.25) is 14.6 Å². The number of hydrogen-bond donors (Lipinski definition) is 0. The van der Waals surface area contributed by atoms with E-state index in [1.807, 2.05) is 12.1 Å². The molecule has 0 atom stereocenters. The largest absolute Gasteiger partial charge is 0.292 e. The topological polar surface area (TPSA) is 62.6 Å². The average molecular weight is 339 g/mol. The number of hydrogen-bond acceptors (Lipinski definition) is 4. The summed E-state index contributed by atoms with van der Waals surface area (Å²) in [5, 5.41) is 5.41. The first-order chi connectivity index (χ1) is 12.0. The van der Waals surface area contributed by atoms with Gasteiger partial charge in [-0.05, 0) is 42.2 Å². The summed E-state index contributed by atoms with van der Waals surface area (Å²) in [6, 6.07) is 9.91. The lowest BCUT2D eigenvalue weighted by Gasteiger charge is -2.18.